The van der Waals surface area contributed by atoms with Crippen molar-refractivity contribution in [1.29, 1.82) is 5.26 Å². The number of nitrogens with zero attached hydrogens (tertiary/aromatic N) is 1. The van der Waals surface area contributed by atoms with Gasteiger partial charge in [-0.25, -0.2) is 4.79 Å². The van der Waals surface area contributed by atoms with Gasteiger partial charge in [0.25, 0.3) is 0 Å². The van der Waals surface area contributed by atoms with Crippen LogP contribution in [0.5, 0.6) is 0 Å². The molecule has 0 aliphatic heterocycles. The molecular formula is C15H14N4O. The highest BCUT2D eigenvalue weighted by Crippen LogP contribution is 2.20. The molecule has 0 unspecified atom stereocenters. The number of carbonyl (C=O) groups excluding carboxylic acids is 1. The Morgan fingerprint density at radius 3 is 2.75 bits per heavy atom. The van der Waals surface area contributed by atoms with Crippen molar-refractivity contribution in [1.82, 2.24) is 0 Å². The Hall–Kier alpha value is -3.00. The van der Waals surface area contributed by atoms with Crippen LogP contribution in [0.15, 0.2) is 42.5 Å². The zero-order valence-electron chi connectivity index (χ0n) is 11.0. The van der Waals surface area contributed by atoms with Gasteiger partial charge in [-0.05, 0) is 42.8 Å². The minimum absolute atomic E-state index is 0.405. The zero-order valence-corrected chi connectivity index (χ0v) is 11.0. The quantitative estimate of drug-likeness (QED) is 0.729. The number of nitriles is 1. The lowest BCUT2D eigenvalue weighted by molar-refractivity contribution is 0.262. The van der Waals surface area contributed by atoms with Crippen molar-refractivity contribution >= 4 is 23.1 Å². The fourth-order valence-corrected chi connectivity index (χ4v) is 1.73. The lowest BCUT2D eigenvalue weighted by Crippen LogP contribution is -2.20. The molecule has 2 rings (SSSR count). The number of benzene rings is 2. The van der Waals surface area contributed by atoms with E-state index >= 15 is 0 Å². The standard InChI is InChI=1S/C15H14N4O/c1-10-5-6-13(17)14(7-10)19-15(20)18-12-4-2-3-11(8-12)9-16/h2-8H,17H2,1H3,(H2,18,19,20). The molecule has 0 heterocycles. The summed E-state index contributed by atoms with van der Waals surface area (Å²) in [7, 11) is 0. The van der Waals surface area contributed by atoms with Crippen LogP contribution in [0.2, 0.25) is 0 Å². The summed E-state index contributed by atoms with van der Waals surface area (Å²) in [6.45, 7) is 1.92. The first-order valence-corrected chi connectivity index (χ1v) is 6.03. The van der Waals surface area contributed by atoms with Gasteiger partial charge in [0.15, 0.2) is 0 Å². The number of nitrogens with one attached hydrogen (secondary N) is 2. The zero-order chi connectivity index (χ0) is 14.5. The highest BCUT2D eigenvalue weighted by atomic mass is 16.2. The first-order valence-electron chi connectivity index (χ1n) is 6.03. The Labute approximate surface area is 117 Å². The highest BCUT2D eigenvalue weighted by molar-refractivity contribution is 6.01. The number of anilines is 3. The molecule has 0 saturated carbocycles. The van der Waals surface area contributed by atoms with Gasteiger partial charge in [0.1, 0.15) is 0 Å². The van der Waals surface area contributed by atoms with Gasteiger partial charge in [-0.3, -0.25) is 0 Å². The SMILES string of the molecule is Cc1ccc(N)c(NC(=O)Nc2cccc(C#N)c2)c1. The molecule has 5 nitrogen and oxygen atoms in total. The summed E-state index contributed by atoms with van der Waals surface area (Å²) in [5.74, 6) is 0. The van der Waals surface area contributed by atoms with E-state index in [0.29, 0.717) is 22.6 Å². The fraction of sp³-hybridized carbons (Fsp3) is 0.0667. The van der Waals surface area contributed by atoms with Crippen molar-refractivity contribution in [2.24, 2.45) is 0 Å². The highest BCUT2D eigenvalue weighted by Gasteiger charge is 2.06. The summed E-state index contributed by atoms with van der Waals surface area (Å²) in [4.78, 5) is 11.9. The number of aryl methyl sites for hydroxylation is 1. The number of rotatable bonds is 2. The van der Waals surface area contributed by atoms with Crippen LogP contribution in [0, 0.1) is 18.3 Å². The summed E-state index contributed by atoms with van der Waals surface area (Å²) in [6.07, 6.45) is 0. The van der Waals surface area contributed by atoms with Crippen molar-refractivity contribution < 1.29 is 4.79 Å². The average molecular weight is 266 g/mol. The molecule has 5 heteroatoms. The van der Waals surface area contributed by atoms with Crippen molar-refractivity contribution in [3.8, 4) is 6.07 Å². The molecule has 0 aliphatic rings. The Bertz CT molecular complexity index is 689. The van der Waals surface area contributed by atoms with Crippen LogP contribution in [0.25, 0.3) is 0 Å². The molecule has 2 aromatic carbocycles. The third kappa shape index (κ3) is 3.27. The van der Waals surface area contributed by atoms with Crippen LogP contribution in [0.4, 0.5) is 21.9 Å². The molecule has 100 valence electrons. The van der Waals surface area contributed by atoms with Gasteiger partial charge < -0.3 is 16.4 Å². The topological polar surface area (TPSA) is 90.9 Å². The second-order valence-corrected chi connectivity index (χ2v) is 4.36. The molecule has 4 N–H and O–H groups in total. The Morgan fingerprint density at radius 2 is 2.00 bits per heavy atom. The lowest BCUT2D eigenvalue weighted by atomic mass is 10.2. The van der Waals surface area contributed by atoms with Crippen molar-refractivity contribution in [3.05, 3.63) is 53.6 Å². The molecular weight excluding hydrogens is 252 g/mol. The number of nitrogen functional groups attached to an aromatic ring is 1. The Balaban J connectivity index is 2.09. The summed E-state index contributed by atoms with van der Waals surface area (Å²) in [6, 6.07) is 13.7. The Morgan fingerprint density at radius 1 is 1.20 bits per heavy atom. The summed E-state index contributed by atoms with van der Waals surface area (Å²) in [5, 5.41) is 14.1. The molecule has 2 aromatic rings. The Kier molecular flexibility index (Phi) is 3.87. The molecule has 0 radical (unpaired) electrons. The van der Waals surface area contributed by atoms with Crippen molar-refractivity contribution in [2.45, 2.75) is 6.92 Å². The average Bonchev–Trinajstić information content (AvgIpc) is 2.43. The van der Waals surface area contributed by atoms with Gasteiger partial charge in [-0.15, -0.1) is 0 Å². The molecule has 0 fully saturated rings. The number of hydrogen-bond acceptors (Lipinski definition) is 3. The first-order chi connectivity index (χ1) is 9.58. The third-order valence-corrected chi connectivity index (χ3v) is 2.71. The van der Waals surface area contributed by atoms with Gasteiger partial charge in [0, 0.05) is 5.69 Å². The van der Waals surface area contributed by atoms with Crippen LogP contribution in [0.1, 0.15) is 11.1 Å². The molecule has 20 heavy (non-hydrogen) atoms. The number of nitrogens with two attached hydrogens (primary N) is 1. The van der Waals surface area contributed by atoms with E-state index in [1.54, 1.807) is 36.4 Å². The van der Waals surface area contributed by atoms with E-state index < -0.39 is 6.03 Å². The maximum Gasteiger partial charge on any atom is 0.323 e. The van der Waals surface area contributed by atoms with Crippen LogP contribution in [-0.2, 0) is 0 Å². The number of amides is 2. The first kappa shape index (κ1) is 13.4. The summed E-state index contributed by atoms with van der Waals surface area (Å²) in [5.41, 5.74) is 8.88. The molecule has 0 aliphatic carbocycles. The smallest absolute Gasteiger partial charge is 0.323 e. The minimum atomic E-state index is -0.405. The lowest BCUT2D eigenvalue weighted by Gasteiger charge is -2.10. The molecule has 0 bridgehead atoms. The van der Waals surface area contributed by atoms with Crippen LogP contribution < -0.4 is 16.4 Å². The number of urea groups is 1. The van der Waals surface area contributed by atoms with Crippen LogP contribution >= 0.6 is 0 Å². The molecule has 0 aromatic heterocycles. The minimum Gasteiger partial charge on any atom is -0.397 e. The maximum absolute atomic E-state index is 11.9. The number of carbonyl (C=O) groups is 1. The maximum atomic E-state index is 11.9. The van der Waals surface area contributed by atoms with Gasteiger partial charge in [0.2, 0.25) is 0 Å². The fourth-order valence-electron chi connectivity index (χ4n) is 1.73. The summed E-state index contributed by atoms with van der Waals surface area (Å²) >= 11 is 0. The molecule has 2 amide bonds. The number of hydrogen-bond donors (Lipinski definition) is 3. The van der Waals surface area contributed by atoms with Gasteiger partial charge in [-0.2, -0.15) is 5.26 Å². The van der Waals surface area contributed by atoms with Crippen LogP contribution in [0.3, 0.4) is 0 Å². The second kappa shape index (κ2) is 5.76. The van der Waals surface area contributed by atoms with Crippen molar-refractivity contribution in [3.63, 3.8) is 0 Å². The van der Waals surface area contributed by atoms with E-state index in [9.17, 15) is 4.79 Å². The third-order valence-electron chi connectivity index (χ3n) is 2.71. The van der Waals surface area contributed by atoms with E-state index in [0.717, 1.165) is 5.56 Å². The summed E-state index contributed by atoms with van der Waals surface area (Å²) < 4.78 is 0. The van der Waals surface area contributed by atoms with E-state index in [2.05, 4.69) is 10.6 Å². The second-order valence-electron chi connectivity index (χ2n) is 4.36. The molecule has 0 atom stereocenters. The molecule has 0 saturated heterocycles. The van der Waals surface area contributed by atoms with Crippen molar-refractivity contribution in [2.75, 3.05) is 16.4 Å². The largest absolute Gasteiger partial charge is 0.397 e. The van der Waals surface area contributed by atoms with E-state index in [4.69, 9.17) is 11.0 Å². The van der Waals surface area contributed by atoms with Gasteiger partial charge in [0.05, 0.1) is 23.0 Å². The molecule has 0 spiro atoms. The van der Waals surface area contributed by atoms with Crippen LogP contribution in [-0.4, -0.2) is 6.03 Å². The van der Waals surface area contributed by atoms with E-state index in [-0.39, 0.29) is 0 Å². The normalized spacial score (nSPS) is 9.60. The predicted molar refractivity (Wildman–Crippen MR) is 79.4 cm³/mol. The predicted octanol–water partition coefficient (Wildman–Crippen LogP) is 3.09. The van der Waals surface area contributed by atoms with E-state index in [1.165, 1.54) is 0 Å². The van der Waals surface area contributed by atoms with Gasteiger partial charge >= 0.3 is 6.03 Å². The van der Waals surface area contributed by atoms with E-state index in [1.807, 2.05) is 19.1 Å². The monoisotopic (exact) mass is 266 g/mol. The van der Waals surface area contributed by atoms with Gasteiger partial charge in [-0.1, -0.05) is 12.1 Å².